The minimum atomic E-state index is -4.96. The highest BCUT2D eigenvalue weighted by atomic mass is 19.4. The molecule has 9 heteroatoms. The number of alkyl halides is 6. The normalized spacial score (nSPS) is 14.0. The van der Waals surface area contributed by atoms with Crippen LogP contribution < -0.4 is 11.1 Å². The maximum atomic E-state index is 12.5. The van der Waals surface area contributed by atoms with Crippen molar-refractivity contribution in [3.63, 3.8) is 0 Å². The maximum absolute atomic E-state index is 12.5. The van der Waals surface area contributed by atoms with Gasteiger partial charge in [-0.1, -0.05) is 0 Å². The molecule has 0 saturated heterocycles. The van der Waals surface area contributed by atoms with Crippen LogP contribution in [-0.4, -0.2) is 11.9 Å². The van der Waals surface area contributed by atoms with Gasteiger partial charge in [-0.05, 0) is 25.1 Å². The maximum Gasteiger partial charge on any atom is 0.416 e. The summed E-state index contributed by atoms with van der Waals surface area (Å²) in [6.07, 6.45) is -9.93. The van der Waals surface area contributed by atoms with E-state index in [0.29, 0.717) is 12.1 Å². The van der Waals surface area contributed by atoms with E-state index < -0.39 is 41.1 Å². The van der Waals surface area contributed by atoms with Crippen LogP contribution in [0.1, 0.15) is 18.1 Å². The first-order valence-corrected chi connectivity index (χ1v) is 5.27. The standard InChI is InChI=1S/C11H10F6N2O/c1-5(18)9(20)19-8-3-6(10(12,13)14)2-7(4-8)11(15,16)17/h2-5H,18H2,1H3,(H,19,20)/t5-/m0/s1. The van der Waals surface area contributed by atoms with E-state index >= 15 is 0 Å². The zero-order chi connectivity index (χ0) is 15.7. The highest BCUT2D eigenvalue weighted by Gasteiger charge is 2.37. The van der Waals surface area contributed by atoms with E-state index in [0.717, 1.165) is 0 Å². The molecule has 0 radical (unpaired) electrons. The molecule has 1 aromatic rings. The van der Waals surface area contributed by atoms with E-state index in [1.165, 1.54) is 6.92 Å². The Hall–Kier alpha value is -1.77. The highest BCUT2D eigenvalue weighted by Crippen LogP contribution is 2.37. The van der Waals surface area contributed by atoms with E-state index in [1.54, 1.807) is 0 Å². The number of nitrogens with two attached hydrogens (primary N) is 1. The molecular formula is C11H10F6N2O. The second-order valence-electron chi connectivity index (χ2n) is 4.07. The quantitative estimate of drug-likeness (QED) is 0.825. The molecule has 0 aromatic heterocycles. The number of amides is 1. The number of halogens is 6. The Bertz CT molecular complexity index is 474. The topological polar surface area (TPSA) is 55.1 Å². The van der Waals surface area contributed by atoms with Crippen LogP contribution in [-0.2, 0) is 17.1 Å². The Labute approximate surface area is 109 Å². The number of carbonyl (C=O) groups excluding carboxylic acids is 1. The van der Waals surface area contributed by atoms with Crippen LogP contribution in [0, 0.1) is 0 Å². The second-order valence-corrected chi connectivity index (χ2v) is 4.07. The van der Waals surface area contributed by atoms with E-state index in [2.05, 4.69) is 0 Å². The van der Waals surface area contributed by atoms with Crippen molar-refractivity contribution in [2.75, 3.05) is 5.32 Å². The number of benzene rings is 1. The van der Waals surface area contributed by atoms with Crippen molar-refractivity contribution in [3.8, 4) is 0 Å². The van der Waals surface area contributed by atoms with Crippen LogP contribution in [0.4, 0.5) is 32.0 Å². The van der Waals surface area contributed by atoms with E-state index in [4.69, 9.17) is 5.73 Å². The van der Waals surface area contributed by atoms with Gasteiger partial charge in [0.1, 0.15) is 0 Å². The molecule has 3 N–H and O–H groups in total. The fraction of sp³-hybridized carbons (Fsp3) is 0.364. The van der Waals surface area contributed by atoms with Crippen molar-refractivity contribution in [2.24, 2.45) is 5.73 Å². The molecule has 0 bridgehead atoms. The summed E-state index contributed by atoms with van der Waals surface area (Å²) in [7, 11) is 0. The van der Waals surface area contributed by atoms with Crippen molar-refractivity contribution in [2.45, 2.75) is 25.3 Å². The average molecular weight is 300 g/mol. The Morgan fingerprint density at radius 3 is 1.75 bits per heavy atom. The number of nitrogens with one attached hydrogen (secondary N) is 1. The summed E-state index contributed by atoms with van der Waals surface area (Å²) in [5, 5.41) is 1.90. The first-order valence-electron chi connectivity index (χ1n) is 5.27. The Kier molecular flexibility index (Phi) is 4.33. The van der Waals surface area contributed by atoms with Gasteiger partial charge in [0.15, 0.2) is 0 Å². The van der Waals surface area contributed by atoms with Crippen molar-refractivity contribution in [3.05, 3.63) is 29.3 Å². The van der Waals surface area contributed by atoms with E-state index in [-0.39, 0.29) is 6.07 Å². The molecule has 0 unspecified atom stereocenters. The van der Waals surface area contributed by atoms with Crippen LogP contribution in [0.3, 0.4) is 0 Å². The molecule has 0 aliphatic heterocycles. The monoisotopic (exact) mass is 300 g/mol. The molecule has 0 fully saturated rings. The lowest BCUT2D eigenvalue weighted by atomic mass is 10.1. The molecule has 1 amide bonds. The predicted octanol–water partition coefficient (Wildman–Crippen LogP) is 3.01. The molecule has 0 aliphatic carbocycles. The highest BCUT2D eigenvalue weighted by molar-refractivity contribution is 5.94. The van der Waals surface area contributed by atoms with Crippen molar-refractivity contribution in [1.82, 2.24) is 0 Å². The Morgan fingerprint density at radius 1 is 1.05 bits per heavy atom. The van der Waals surface area contributed by atoms with Crippen LogP contribution in [0.2, 0.25) is 0 Å². The molecule has 20 heavy (non-hydrogen) atoms. The Balaban J connectivity index is 3.28. The SMILES string of the molecule is C[C@H](N)C(=O)Nc1cc(C(F)(F)F)cc(C(F)(F)F)c1. The number of hydrogen-bond donors (Lipinski definition) is 2. The van der Waals surface area contributed by atoms with Crippen LogP contribution >= 0.6 is 0 Å². The van der Waals surface area contributed by atoms with Crippen molar-refractivity contribution in [1.29, 1.82) is 0 Å². The van der Waals surface area contributed by atoms with E-state index in [1.807, 2.05) is 5.32 Å². The summed E-state index contributed by atoms with van der Waals surface area (Å²) in [6.45, 7) is 1.24. The summed E-state index contributed by atoms with van der Waals surface area (Å²) in [5.41, 5.74) is 1.54. The molecule has 0 saturated carbocycles. The van der Waals surface area contributed by atoms with Gasteiger partial charge < -0.3 is 11.1 Å². The summed E-state index contributed by atoms with van der Waals surface area (Å²) in [5.74, 6) is -0.891. The molecule has 0 spiro atoms. The molecule has 0 heterocycles. The first kappa shape index (κ1) is 16.3. The van der Waals surface area contributed by atoms with Gasteiger partial charge in [0.25, 0.3) is 0 Å². The molecule has 3 nitrogen and oxygen atoms in total. The number of anilines is 1. The average Bonchev–Trinajstić information content (AvgIpc) is 2.26. The van der Waals surface area contributed by atoms with Crippen LogP contribution in [0.5, 0.6) is 0 Å². The third-order valence-electron chi connectivity index (χ3n) is 2.27. The van der Waals surface area contributed by atoms with Gasteiger partial charge in [0.2, 0.25) is 5.91 Å². The minimum Gasteiger partial charge on any atom is -0.325 e. The molecule has 1 atom stereocenters. The molecule has 112 valence electrons. The molecule has 1 aromatic carbocycles. The van der Waals surface area contributed by atoms with Crippen LogP contribution in [0.15, 0.2) is 18.2 Å². The van der Waals surface area contributed by atoms with Gasteiger partial charge in [0.05, 0.1) is 17.2 Å². The predicted molar refractivity (Wildman–Crippen MR) is 58.7 cm³/mol. The summed E-state index contributed by atoms with van der Waals surface area (Å²) >= 11 is 0. The summed E-state index contributed by atoms with van der Waals surface area (Å²) in [6, 6.07) is -0.272. The number of hydrogen-bond acceptors (Lipinski definition) is 2. The van der Waals surface area contributed by atoms with Crippen LogP contribution in [0.25, 0.3) is 0 Å². The van der Waals surface area contributed by atoms with Gasteiger partial charge in [-0.3, -0.25) is 4.79 Å². The number of rotatable bonds is 2. The van der Waals surface area contributed by atoms with Crippen molar-refractivity contribution >= 4 is 11.6 Å². The lowest BCUT2D eigenvalue weighted by molar-refractivity contribution is -0.143. The number of carbonyl (C=O) groups is 1. The zero-order valence-corrected chi connectivity index (χ0v) is 10.1. The van der Waals surface area contributed by atoms with Crippen molar-refractivity contribution < 1.29 is 31.1 Å². The third-order valence-corrected chi connectivity index (χ3v) is 2.27. The van der Waals surface area contributed by atoms with Gasteiger partial charge in [0, 0.05) is 5.69 Å². The fourth-order valence-electron chi connectivity index (χ4n) is 1.28. The van der Waals surface area contributed by atoms with E-state index in [9.17, 15) is 31.1 Å². The van der Waals surface area contributed by atoms with Gasteiger partial charge in [-0.25, -0.2) is 0 Å². The van der Waals surface area contributed by atoms with Gasteiger partial charge >= 0.3 is 12.4 Å². The largest absolute Gasteiger partial charge is 0.416 e. The molecular weight excluding hydrogens is 290 g/mol. The zero-order valence-electron chi connectivity index (χ0n) is 10.1. The fourth-order valence-corrected chi connectivity index (χ4v) is 1.28. The van der Waals surface area contributed by atoms with Gasteiger partial charge in [-0.15, -0.1) is 0 Å². The summed E-state index contributed by atoms with van der Waals surface area (Å²) in [4.78, 5) is 11.2. The molecule has 1 rings (SSSR count). The lowest BCUT2D eigenvalue weighted by Crippen LogP contribution is -2.32. The lowest BCUT2D eigenvalue weighted by Gasteiger charge is -2.15. The summed E-state index contributed by atoms with van der Waals surface area (Å²) < 4.78 is 75.2. The van der Waals surface area contributed by atoms with Gasteiger partial charge in [-0.2, -0.15) is 26.3 Å². The smallest absolute Gasteiger partial charge is 0.325 e. The molecule has 0 aliphatic rings. The second kappa shape index (κ2) is 5.31. The third kappa shape index (κ3) is 4.12. The Morgan fingerprint density at radius 2 is 1.45 bits per heavy atom. The minimum absolute atomic E-state index is 0.0263. The first-order chi connectivity index (χ1) is 8.91.